The third kappa shape index (κ3) is 8.24. The van der Waals surface area contributed by atoms with Crippen LogP contribution in [0.4, 0.5) is 16.4 Å². The number of anilines is 2. The molecule has 0 saturated carbocycles. The zero-order valence-corrected chi connectivity index (χ0v) is 26.5. The number of piperidine rings is 1. The zero-order valence-electron chi connectivity index (χ0n) is 23.5. The van der Waals surface area contributed by atoms with Crippen LogP contribution in [0, 0.1) is 6.92 Å². The molecular formula is C27H39IN4O6S. The van der Waals surface area contributed by atoms with Crippen molar-refractivity contribution < 1.29 is 28.5 Å². The van der Waals surface area contributed by atoms with E-state index in [1.54, 1.807) is 21.2 Å². The molecule has 0 aliphatic carbocycles. The van der Waals surface area contributed by atoms with Gasteiger partial charge in [-0.05, 0) is 80.3 Å². The molecule has 2 aromatic rings. The zero-order chi connectivity index (χ0) is 28.8. The summed E-state index contributed by atoms with van der Waals surface area (Å²) in [5.74, 6) is 1.33. The molecule has 1 saturated heterocycles. The summed E-state index contributed by atoms with van der Waals surface area (Å²) in [4.78, 5) is 32.3. The first-order valence-electron chi connectivity index (χ1n) is 12.9. The molecule has 1 aliphatic heterocycles. The number of nitrogens with one attached hydrogen (secondary N) is 1. The van der Waals surface area contributed by atoms with E-state index in [-0.39, 0.29) is 5.60 Å². The lowest BCUT2D eigenvalue weighted by molar-refractivity contribution is -0.164. The number of amides is 1. The van der Waals surface area contributed by atoms with E-state index in [1.807, 2.05) is 38.2 Å². The van der Waals surface area contributed by atoms with Crippen LogP contribution in [0.2, 0.25) is 0 Å². The van der Waals surface area contributed by atoms with Crippen LogP contribution in [0.5, 0.6) is 0 Å². The quantitative estimate of drug-likeness (QED) is 0.136. The number of pyridine rings is 1. The molecule has 0 spiro atoms. The van der Waals surface area contributed by atoms with Crippen LogP contribution in [0.15, 0.2) is 24.9 Å². The summed E-state index contributed by atoms with van der Waals surface area (Å²) >= 11 is 2.16. The number of imidazole rings is 1. The van der Waals surface area contributed by atoms with Crippen LogP contribution < -0.4 is 10.2 Å². The Morgan fingerprint density at radius 2 is 2.03 bits per heavy atom. The van der Waals surface area contributed by atoms with Crippen LogP contribution in [-0.4, -0.2) is 71.8 Å². The van der Waals surface area contributed by atoms with E-state index < -0.39 is 23.8 Å². The van der Waals surface area contributed by atoms with Crippen molar-refractivity contribution >= 4 is 59.5 Å². The van der Waals surface area contributed by atoms with Crippen molar-refractivity contribution in [2.45, 2.75) is 64.8 Å². The lowest BCUT2D eigenvalue weighted by Crippen LogP contribution is -2.45. The minimum atomic E-state index is -0.964. The van der Waals surface area contributed by atoms with Crippen LogP contribution in [0.25, 0.3) is 5.65 Å². The van der Waals surface area contributed by atoms with E-state index in [1.165, 1.54) is 7.11 Å². The Morgan fingerprint density at radius 1 is 1.33 bits per heavy atom. The molecule has 0 radical (unpaired) electrons. The Labute approximate surface area is 246 Å². The first-order valence-corrected chi connectivity index (χ1v) is 16.4. The Morgan fingerprint density at radius 3 is 2.62 bits per heavy atom. The summed E-state index contributed by atoms with van der Waals surface area (Å²) in [7, 11) is 2.93. The maximum atomic E-state index is 13.1. The van der Waals surface area contributed by atoms with Crippen molar-refractivity contribution in [2.75, 3.05) is 49.4 Å². The minimum absolute atomic E-state index is 0.279. The summed E-state index contributed by atoms with van der Waals surface area (Å²) in [5.41, 5.74) is 1.26. The maximum absolute atomic E-state index is 13.1. The number of aryl methyl sites for hydroxylation is 1. The maximum Gasteiger partial charge on any atom is 0.412 e. The normalized spacial score (nSPS) is 16.1. The molecule has 0 aromatic carbocycles. The topological polar surface area (TPSA) is 104 Å². The SMILES string of the molecule is C=CCOC1(C)CCN(c2c([C@H](OC(C)(C)C)C(=O)OC)c(C)cc3nc(NC(=O)OCCSI)cn23)CC1. The predicted octanol–water partition coefficient (Wildman–Crippen LogP) is 5.87. The van der Waals surface area contributed by atoms with Gasteiger partial charge in [-0.25, -0.2) is 14.6 Å². The average molecular weight is 675 g/mol. The first-order chi connectivity index (χ1) is 18.4. The molecule has 1 N–H and O–H groups in total. The molecule has 39 heavy (non-hydrogen) atoms. The second kappa shape index (κ2) is 13.6. The molecule has 3 rings (SSSR count). The fraction of sp³-hybridized carbons (Fsp3) is 0.593. The monoisotopic (exact) mass is 674 g/mol. The molecule has 0 unspecified atom stereocenters. The molecular weight excluding hydrogens is 635 g/mol. The fourth-order valence-electron chi connectivity index (χ4n) is 4.54. The third-order valence-corrected chi connectivity index (χ3v) is 8.06. The number of ether oxygens (including phenoxy) is 4. The number of carbonyl (C=O) groups excluding carboxylic acids is 2. The van der Waals surface area contributed by atoms with Gasteiger partial charge in [0.05, 0.1) is 31.1 Å². The van der Waals surface area contributed by atoms with Crippen molar-refractivity contribution in [1.29, 1.82) is 0 Å². The van der Waals surface area contributed by atoms with Gasteiger partial charge < -0.3 is 23.8 Å². The van der Waals surface area contributed by atoms with Gasteiger partial charge in [0.1, 0.15) is 18.1 Å². The van der Waals surface area contributed by atoms with Crippen molar-refractivity contribution in [3.05, 3.63) is 36.0 Å². The number of rotatable bonds is 11. The Kier molecular flexibility index (Phi) is 10.9. The van der Waals surface area contributed by atoms with Gasteiger partial charge in [-0.2, -0.15) is 0 Å². The van der Waals surface area contributed by atoms with Gasteiger partial charge in [0.25, 0.3) is 0 Å². The van der Waals surface area contributed by atoms with Gasteiger partial charge in [0.2, 0.25) is 0 Å². The van der Waals surface area contributed by atoms with E-state index in [0.29, 0.717) is 49.1 Å². The highest BCUT2D eigenvalue weighted by atomic mass is 127. The van der Waals surface area contributed by atoms with Gasteiger partial charge in [0, 0.05) is 24.4 Å². The number of esters is 1. The van der Waals surface area contributed by atoms with Crippen LogP contribution in [0.1, 0.15) is 57.8 Å². The van der Waals surface area contributed by atoms with Gasteiger partial charge in [-0.1, -0.05) is 15.0 Å². The highest BCUT2D eigenvalue weighted by Gasteiger charge is 2.37. The Hall–Kier alpha value is -2.03. The summed E-state index contributed by atoms with van der Waals surface area (Å²) in [5, 5.41) is 2.72. The highest BCUT2D eigenvalue weighted by molar-refractivity contribution is 14.2. The van der Waals surface area contributed by atoms with E-state index in [4.69, 9.17) is 18.9 Å². The van der Waals surface area contributed by atoms with Gasteiger partial charge in [-0.3, -0.25) is 9.72 Å². The van der Waals surface area contributed by atoms with E-state index in [9.17, 15) is 9.59 Å². The lowest BCUT2D eigenvalue weighted by Gasteiger charge is -2.41. The number of carbonyl (C=O) groups is 2. The number of aromatic nitrogens is 2. The smallest absolute Gasteiger partial charge is 0.412 e. The van der Waals surface area contributed by atoms with Crippen molar-refractivity contribution in [1.82, 2.24) is 9.38 Å². The van der Waals surface area contributed by atoms with Crippen molar-refractivity contribution in [2.24, 2.45) is 0 Å². The molecule has 1 atom stereocenters. The van der Waals surface area contributed by atoms with Crippen LogP contribution in [0.3, 0.4) is 0 Å². The second-order valence-corrected chi connectivity index (χ2v) is 13.2. The molecule has 3 heterocycles. The Balaban J connectivity index is 2.09. The lowest BCUT2D eigenvalue weighted by atomic mass is 9.92. The molecule has 1 amide bonds. The van der Waals surface area contributed by atoms with Gasteiger partial charge >= 0.3 is 12.1 Å². The molecule has 12 heteroatoms. The van der Waals surface area contributed by atoms with Gasteiger partial charge in [-0.15, -0.1) is 6.58 Å². The van der Waals surface area contributed by atoms with E-state index in [0.717, 1.165) is 24.2 Å². The van der Waals surface area contributed by atoms with Crippen LogP contribution in [-0.2, 0) is 23.7 Å². The summed E-state index contributed by atoms with van der Waals surface area (Å²) in [6, 6.07) is 1.88. The number of nitrogens with zero attached hydrogens (tertiary/aromatic N) is 3. The largest absolute Gasteiger partial charge is 0.467 e. The Bertz CT molecular complexity index is 1170. The molecule has 1 fully saturated rings. The van der Waals surface area contributed by atoms with E-state index in [2.05, 4.69) is 49.9 Å². The van der Waals surface area contributed by atoms with Gasteiger partial charge in [0.15, 0.2) is 11.9 Å². The second-order valence-electron chi connectivity index (χ2n) is 10.7. The minimum Gasteiger partial charge on any atom is -0.467 e. The third-order valence-electron chi connectivity index (χ3n) is 6.42. The van der Waals surface area contributed by atoms with Crippen LogP contribution >= 0.6 is 30.1 Å². The summed E-state index contributed by atoms with van der Waals surface area (Å²) in [6.45, 7) is 15.7. The van der Waals surface area contributed by atoms with Crippen molar-refractivity contribution in [3.8, 4) is 0 Å². The number of fused-ring (bicyclic) bond motifs is 1. The van der Waals surface area contributed by atoms with E-state index >= 15 is 0 Å². The molecule has 216 valence electrons. The summed E-state index contributed by atoms with van der Waals surface area (Å²) in [6.07, 6.45) is 3.53. The average Bonchev–Trinajstić information content (AvgIpc) is 3.26. The van der Waals surface area contributed by atoms with Crippen molar-refractivity contribution in [3.63, 3.8) is 0 Å². The fourth-order valence-corrected chi connectivity index (χ4v) is 5.22. The highest BCUT2D eigenvalue weighted by Crippen LogP contribution is 2.39. The number of halogens is 1. The molecule has 1 aliphatic rings. The molecule has 2 aromatic heterocycles. The molecule has 0 bridgehead atoms. The summed E-state index contributed by atoms with van der Waals surface area (Å²) < 4.78 is 24.7. The number of hydrogen-bond donors (Lipinski definition) is 1. The predicted molar refractivity (Wildman–Crippen MR) is 163 cm³/mol. The number of hydrogen-bond acceptors (Lipinski definition) is 9. The first kappa shape index (κ1) is 31.5. The standard InChI is InChI=1S/C27H39IN4O6S/c1-8-13-37-27(6)9-11-31(12-10-27)23-21(22(24(33)35-7)38-26(3,4)5)18(2)16-20-29-19(17-32(20)23)30-25(34)36-14-15-39-28/h8,16-17,22H,1,9-15H2,2-7H3,(H,30,34)/t22-/m0/s1. The molecule has 10 nitrogen and oxygen atoms in total. The number of methoxy groups -OCH3 is 1.